The van der Waals surface area contributed by atoms with Crippen molar-refractivity contribution in [2.45, 2.75) is 105 Å². The van der Waals surface area contributed by atoms with Crippen molar-refractivity contribution in [3.05, 3.63) is 0 Å². The molecule has 0 aromatic rings. The summed E-state index contributed by atoms with van der Waals surface area (Å²) in [6.45, 7) is 10.7. The highest BCUT2D eigenvalue weighted by Gasteiger charge is 2.46. The Labute approximate surface area is 155 Å². The van der Waals surface area contributed by atoms with E-state index in [1.165, 1.54) is 0 Å². The fourth-order valence-electron chi connectivity index (χ4n) is 2.52. The number of ketones is 3. The molecular weight excluding hydrogens is 300 g/mol. The summed E-state index contributed by atoms with van der Waals surface area (Å²) in [5, 5.41) is 0. The summed E-state index contributed by atoms with van der Waals surface area (Å²) in [5.74, 6) is -0.697. The molecule has 0 saturated carbocycles. The van der Waals surface area contributed by atoms with Crippen LogP contribution in [0.1, 0.15) is 105 Å². The molecular formula is C21H50O3. The molecule has 0 fully saturated rings. The van der Waals surface area contributed by atoms with Crippen molar-refractivity contribution < 1.29 is 14.4 Å². The molecule has 2 atom stereocenters. The number of hydrogen-bond donors (Lipinski definition) is 0. The molecule has 0 aliphatic rings. The summed E-state index contributed by atoms with van der Waals surface area (Å²) < 4.78 is 0. The fraction of sp³-hybridized carbons (Fsp3) is 0.857. The Morgan fingerprint density at radius 2 is 0.917 bits per heavy atom. The normalized spacial score (nSPS) is 13.2. The van der Waals surface area contributed by atoms with Gasteiger partial charge in [-0.3, -0.25) is 14.4 Å². The number of rotatable bonds is 8. The molecule has 0 aromatic heterocycles. The van der Waals surface area contributed by atoms with Gasteiger partial charge < -0.3 is 0 Å². The van der Waals surface area contributed by atoms with E-state index in [4.69, 9.17) is 0 Å². The van der Waals surface area contributed by atoms with E-state index < -0.39 is 17.3 Å². The predicted molar refractivity (Wildman–Crippen MR) is 113 cm³/mol. The van der Waals surface area contributed by atoms with Crippen LogP contribution < -0.4 is 0 Å². The molecule has 3 heteroatoms. The molecule has 0 rings (SSSR count). The highest BCUT2D eigenvalue weighted by Crippen LogP contribution is 2.39. The fourth-order valence-corrected chi connectivity index (χ4v) is 2.52. The van der Waals surface area contributed by atoms with Gasteiger partial charge in [-0.1, -0.05) is 86.1 Å². The molecule has 0 aliphatic heterocycles. The van der Waals surface area contributed by atoms with Crippen molar-refractivity contribution in [1.29, 1.82) is 0 Å². The van der Waals surface area contributed by atoms with Crippen LogP contribution in [0.2, 0.25) is 0 Å². The number of carbonyl (C=O) groups excluding carboxylic acids is 3. The van der Waals surface area contributed by atoms with Gasteiger partial charge in [-0.2, -0.15) is 0 Å². The van der Waals surface area contributed by atoms with Gasteiger partial charge >= 0.3 is 0 Å². The minimum Gasteiger partial charge on any atom is -0.299 e. The molecule has 0 bridgehead atoms. The number of Topliss-reactive ketones (excluding diaryl/α,β-unsaturated/α-hetero) is 3. The third kappa shape index (κ3) is 8.75. The van der Waals surface area contributed by atoms with E-state index in [0.29, 0.717) is 19.3 Å². The molecule has 0 N–H and O–H groups in total. The molecule has 2 unspecified atom stereocenters. The summed E-state index contributed by atoms with van der Waals surface area (Å²) in [6.07, 6.45) is 1.17. The van der Waals surface area contributed by atoms with E-state index in [1.807, 2.05) is 0 Å². The average Bonchev–Trinajstić information content (AvgIpc) is 2.41. The van der Waals surface area contributed by atoms with Crippen molar-refractivity contribution in [2.75, 3.05) is 0 Å². The van der Waals surface area contributed by atoms with Crippen LogP contribution in [-0.2, 0) is 14.4 Å². The summed E-state index contributed by atoms with van der Waals surface area (Å²) in [6, 6.07) is 0. The van der Waals surface area contributed by atoms with Crippen LogP contribution in [0.3, 0.4) is 0 Å². The lowest BCUT2D eigenvalue weighted by Gasteiger charge is -2.37. The van der Waals surface area contributed by atoms with Crippen LogP contribution in [0.15, 0.2) is 0 Å². The highest BCUT2D eigenvalue weighted by molar-refractivity contribution is 5.96. The quantitative estimate of drug-likeness (QED) is 0.472. The molecule has 0 aliphatic carbocycles. The summed E-state index contributed by atoms with van der Waals surface area (Å²) in [7, 11) is 0. The van der Waals surface area contributed by atoms with Crippen LogP contribution in [0.4, 0.5) is 0 Å². The van der Waals surface area contributed by atoms with Crippen LogP contribution >= 0.6 is 0 Å². The van der Waals surface area contributed by atoms with Gasteiger partial charge in [-0.25, -0.2) is 0 Å². The second-order valence-electron chi connectivity index (χ2n) is 5.14. The number of carbonyl (C=O) groups is 3. The van der Waals surface area contributed by atoms with E-state index in [-0.39, 0.29) is 61.9 Å². The Morgan fingerprint density at radius 3 is 1.08 bits per heavy atom. The number of hydrogen-bond acceptors (Lipinski definition) is 3. The van der Waals surface area contributed by atoms with Crippen molar-refractivity contribution in [2.24, 2.45) is 17.3 Å². The molecule has 24 heavy (non-hydrogen) atoms. The third-order valence-corrected chi connectivity index (χ3v) is 4.38. The van der Waals surface area contributed by atoms with Crippen molar-refractivity contribution in [3.8, 4) is 0 Å². The van der Waals surface area contributed by atoms with Gasteiger partial charge in [0.05, 0.1) is 0 Å². The minimum absolute atomic E-state index is 0. The molecule has 0 radical (unpaired) electrons. The van der Waals surface area contributed by atoms with Crippen LogP contribution in [-0.4, -0.2) is 17.3 Å². The Kier molecular flexibility index (Phi) is 33.3. The van der Waals surface area contributed by atoms with Gasteiger partial charge in [0, 0.05) is 36.5 Å². The van der Waals surface area contributed by atoms with Gasteiger partial charge in [0.2, 0.25) is 0 Å². The minimum atomic E-state index is -0.866. The van der Waals surface area contributed by atoms with Gasteiger partial charge in [0.25, 0.3) is 0 Å². The van der Waals surface area contributed by atoms with Crippen LogP contribution in [0, 0.1) is 17.3 Å². The summed E-state index contributed by atoms with van der Waals surface area (Å²) in [4.78, 5) is 36.1. The molecule has 0 saturated heterocycles. The first-order chi connectivity index (χ1) is 8.27. The van der Waals surface area contributed by atoms with E-state index in [1.54, 1.807) is 41.5 Å². The maximum atomic E-state index is 12.3. The van der Waals surface area contributed by atoms with E-state index in [0.717, 1.165) is 0 Å². The largest absolute Gasteiger partial charge is 0.299 e. The van der Waals surface area contributed by atoms with Gasteiger partial charge in [-0.15, -0.1) is 0 Å². The smallest absolute Gasteiger partial charge is 0.139 e. The molecule has 3 nitrogen and oxygen atoms in total. The lowest BCUT2D eigenvalue weighted by molar-refractivity contribution is -0.146. The average molecular weight is 351 g/mol. The molecule has 0 amide bonds. The molecule has 152 valence electrons. The predicted octanol–water partition coefficient (Wildman–Crippen LogP) is 7.02. The Balaban J connectivity index is -0.0000000963. The van der Waals surface area contributed by atoms with Crippen molar-refractivity contribution in [3.63, 3.8) is 0 Å². The third-order valence-electron chi connectivity index (χ3n) is 4.38. The molecule has 0 aromatic carbocycles. The van der Waals surface area contributed by atoms with Gasteiger partial charge in [0.1, 0.15) is 17.3 Å². The Bertz CT molecular complexity index is 310. The monoisotopic (exact) mass is 350 g/mol. The van der Waals surface area contributed by atoms with E-state index >= 15 is 0 Å². The molecule has 0 heterocycles. The first-order valence-corrected chi connectivity index (χ1v) is 6.85. The summed E-state index contributed by atoms with van der Waals surface area (Å²) in [5.41, 5.74) is -0.866. The first-order valence-electron chi connectivity index (χ1n) is 6.85. The standard InChI is InChI=1S/C15H26O3.6CH4/c1-7-12(16)10(4)15(6,14(18)9-3)11(5)13(17)8-2;;;;;;/h10-11H,7-9H2,1-6H3;6*1H4. The van der Waals surface area contributed by atoms with Gasteiger partial charge in [-0.05, 0) is 0 Å². The first kappa shape index (κ1) is 43.5. The zero-order valence-corrected chi connectivity index (χ0v) is 12.5. The van der Waals surface area contributed by atoms with Gasteiger partial charge in [0.15, 0.2) is 0 Å². The van der Waals surface area contributed by atoms with Crippen LogP contribution in [0.5, 0.6) is 0 Å². The van der Waals surface area contributed by atoms with E-state index in [2.05, 4.69) is 0 Å². The zero-order valence-electron chi connectivity index (χ0n) is 12.5. The lowest BCUT2D eigenvalue weighted by atomic mass is 9.62. The topological polar surface area (TPSA) is 51.2 Å². The van der Waals surface area contributed by atoms with Crippen molar-refractivity contribution >= 4 is 17.3 Å². The SMILES string of the molecule is C.C.C.C.C.C.CCC(=O)C(C)C(C)(C(=O)CC)C(C)C(=O)CC. The Hall–Kier alpha value is -0.990. The maximum Gasteiger partial charge on any atom is 0.139 e. The summed E-state index contributed by atoms with van der Waals surface area (Å²) >= 11 is 0. The molecule has 0 spiro atoms. The Morgan fingerprint density at radius 1 is 0.667 bits per heavy atom. The lowest BCUT2D eigenvalue weighted by Crippen LogP contribution is -2.46. The zero-order chi connectivity index (χ0) is 14.5. The second-order valence-corrected chi connectivity index (χ2v) is 5.14. The maximum absolute atomic E-state index is 12.3. The second kappa shape index (κ2) is 18.4. The van der Waals surface area contributed by atoms with Crippen LogP contribution in [0.25, 0.3) is 0 Å². The van der Waals surface area contributed by atoms with E-state index in [9.17, 15) is 14.4 Å². The highest BCUT2D eigenvalue weighted by atomic mass is 16.1. The van der Waals surface area contributed by atoms with Crippen molar-refractivity contribution in [1.82, 2.24) is 0 Å².